The fraction of sp³-hybridized carbons (Fsp3) is 0.333. The zero-order valence-corrected chi connectivity index (χ0v) is 7.45. The number of hydrogen-bond acceptors (Lipinski definition) is 2. The smallest absolute Gasteiger partial charge is 0.311 e. The number of carbonyl (C=O) groups is 1. The topological polar surface area (TPSA) is 66.0 Å². The predicted molar refractivity (Wildman–Crippen MR) is 48.2 cm³/mol. The van der Waals surface area contributed by atoms with Gasteiger partial charge in [0.05, 0.1) is 12.2 Å². The van der Waals surface area contributed by atoms with E-state index in [9.17, 15) is 4.79 Å². The predicted octanol–water partition coefficient (Wildman–Crippen LogP) is 1.23. The number of hydrogen-bond donors (Lipinski definition) is 2. The van der Waals surface area contributed by atoms with Crippen molar-refractivity contribution >= 4 is 5.97 Å². The van der Waals surface area contributed by atoms with Crippen LogP contribution >= 0.6 is 0 Å². The van der Waals surface area contributed by atoms with Gasteiger partial charge in [-0.05, 0) is 6.92 Å². The molecule has 1 aromatic heterocycles. The molecule has 0 aliphatic heterocycles. The minimum atomic E-state index is -0.845. The second kappa shape index (κ2) is 3.89. The van der Waals surface area contributed by atoms with E-state index in [-0.39, 0.29) is 0 Å². The van der Waals surface area contributed by atoms with Crippen LogP contribution in [0.3, 0.4) is 0 Å². The van der Waals surface area contributed by atoms with Crippen LogP contribution in [0.15, 0.2) is 24.7 Å². The number of H-pyrrole nitrogens is 1. The number of nitrogens with zero attached hydrogens (tertiary/aromatic N) is 1. The minimum absolute atomic E-state index is 0.421. The van der Waals surface area contributed by atoms with E-state index in [1.807, 2.05) is 0 Å². The van der Waals surface area contributed by atoms with Crippen LogP contribution in [0.25, 0.3) is 0 Å². The highest BCUT2D eigenvalue weighted by atomic mass is 16.4. The summed E-state index contributed by atoms with van der Waals surface area (Å²) < 4.78 is 0. The first-order valence-electron chi connectivity index (χ1n) is 3.96. The van der Waals surface area contributed by atoms with Crippen LogP contribution < -0.4 is 0 Å². The van der Waals surface area contributed by atoms with Gasteiger partial charge in [0.25, 0.3) is 0 Å². The maximum atomic E-state index is 10.8. The average Bonchev–Trinajstić information content (AvgIpc) is 2.50. The molecule has 70 valence electrons. The molecule has 0 bridgehead atoms. The van der Waals surface area contributed by atoms with Crippen molar-refractivity contribution in [2.24, 2.45) is 5.92 Å². The molecular formula is C9H12N2O2. The maximum Gasteiger partial charge on any atom is 0.311 e. The molecule has 0 amide bonds. The van der Waals surface area contributed by atoms with Gasteiger partial charge in [0, 0.05) is 18.3 Å². The van der Waals surface area contributed by atoms with Crippen LogP contribution in [-0.4, -0.2) is 21.0 Å². The normalized spacial score (nSPS) is 12.4. The molecule has 1 atom stereocenters. The first-order valence-corrected chi connectivity index (χ1v) is 3.96. The van der Waals surface area contributed by atoms with Gasteiger partial charge in [-0.2, -0.15) is 0 Å². The third kappa shape index (κ3) is 2.43. The Morgan fingerprint density at radius 1 is 1.85 bits per heavy atom. The van der Waals surface area contributed by atoms with Crippen LogP contribution in [0.2, 0.25) is 0 Å². The van der Waals surface area contributed by atoms with Crippen LogP contribution in [-0.2, 0) is 11.2 Å². The first kappa shape index (κ1) is 9.51. The van der Waals surface area contributed by atoms with Crippen molar-refractivity contribution in [1.82, 2.24) is 9.97 Å². The number of carboxylic acids is 1. The summed E-state index contributed by atoms with van der Waals surface area (Å²) >= 11 is 0. The number of rotatable bonds is 4. The molecule has 0 spiro atoms. The van der Waals surface area contributed by atoms with E-state index in [1.165, 1.54) is 6.33 Å². The molecule has 1 heterocycles. The van der Waals surface area contributed by atoms with E-state index in [0.717, 1.165) is 5.69 Å². The standard InChI is InChI=1S/C9H12N2O2/c1-6(2)8(9(12)13)3-7-4-10-5-11-7/h4-5,8H,1,3H2,2H3,(H,10,11)(H,12,13)/t8-/m1/s1. The molecule has 4 heteroatoms. The summed E-state index contributed by atoms with van der Waals surface area (Å²) in [5, 5.41) is 8.85. The van der Waals surface area contributed by atoms with Gasteiger partial charge in [-0.15, -0.1) is 0 Å². The lowest BCUT2D eigenvalue weighted by molar-refractivity contribution is -0.140. The van der Waals surface area contributed by atoms with Gasteiger partial charge in [-0.1, -0.05) is 12.2 Å². The highest BCUT2D eigenvalue weighted by Gasteiger charge is 2.18. The molecule has 0 fully saturated rings. The second-order valence-corrected chi connectivity index (χ2v) is 3.02. The lowest BCUT2D eigenvalue weighted by Crippen LogP contribution is -2.17. The Kier molecular flexibility index (Phi) is 2.84. The summed E-state index contributed by atoms with van der Waals surface area (Å²) in [6, 6.07) is 0. The molecule has 0 unspecified atom stereocenters. The number of imidazole rings is 1. The van der Waals surface area contributed by atoms with Gasteiger partial charge in [0.15, 0.2) is 0 Å². The summed E-state index contributed by atoms with van der Waals surface area (Å²) in [7, 11) is 0. The van der Waals surface area contributed by atoms with Crippen molar-refractivity contribution in [2.75, 3.05) is 0 Å². The molecule has 0 aromatic carbocycles. The fourth-order valence-electron chi connectivity index (χ4n) is 1.09. The average molecular weight is 180 g/mol. The van der Waals surface area contributed by atoms with Gasteiger partial charge in [0.2, 0.25) is 0 Å². The zero-order valence-electron chi connectivity index (χ0n) is 7.45. The number of aromatic amines is 1. The summed E-state index contributed by atoms with van der Waals surface area (Å²) in [6.45, 7) is 5.36. The van der Waals surface area contributed by atoms with Crippen molar-refractivity contribution in [3.8, 4) is 0 Å². The molecule has 0 aliphatic carbocycles. The van der Waals surface area contributed by atoms with Crippen molar-refractivity contribution in [2.45, 2.75) is 13.3 Å². The van der Waals surface area contributed by atoms with Gasteiger partial charge in [-0.3, -0.25) is 4.79 Å². The Hall–Kier alpha value is -1.58. The second-order valence-electron chi connectivity index (χ2n) is 3.02. The zero-order chi connectivity index (χ0) is 9.84. The lowest BCUT2D eigenvalue weighted by Gasteiger charge is -2.09. The van der Waals surface area contributed by atoms with Crippen molar-refractivity contribution in [3.63, 3.8) is 0 Å². The highest BCUT2D eigenvalue weighted by Crippen LogP contribution is 2.13. The van der Waals surface area contributed by atoms with Crippen molar-refractivity contribution in [3.05, 3.63) is 30.4 Å². The van der Waals surface area contributed by atoms with E-state index in [0.29, 0.717) is 12.0 Å². The third-order valence-corrected chi connectivity index (χ3v) is 1.87. The van der Waals surface area contributed by atoms with E-state index in [1.54, 1.807) is 13.1 Å². The molecule has 1 rings (SSSR count). The molecule has 4 nitrogen and oxygen atoms in total. The fourth-order valence-corrected chi connectivity index (χ4v) is 1.09. The molecule has 0 aliphatic rings. The van der Waals surface area contributed by atoms with Gasteiger partial charge in [-0.25, -0.2) is 4.98 Å². The van der Waals surface area contributed by atoms with Crippen molar-refractivity contribution < 1.29 is 9.90 Å². The third-order valence-electron chi connectivity index (χ3n) is 1.87. The maximum absolute atomic E-state index is 10.8. The lowest BCUT2D eigenvalue weighted by atomic mass is 9.97. The van der Waals surface area contributed by atoms with E-state index >= 15 is 0 Å². The molecule has 13 heavy (non-hydrogen) atoms. The van der Waals surface area contributed by atoms with Crippen LogP contribution in [0.5, 0.6) is 0 Å². The van der Waals surface area contributed by atoms with Crippen LogP contribution in [0.4, 0.5) is 0 Å². The number of nitrogens with one attached hydrogen (secondary N) is 1. The molecule has 0 saturated carbocycles. The Bertz CT molecular complexity index is 289. The number of aromatic nitrogens is 2. The van der Waals surface area contributed by atoms with Crippen molar-refractivity contribution in [1.29, 1.82) is 0 Å². The number of carboxylic acid groups (broad SMARTS) is 1. The Morgan fingerprint density at radius 3 is 2.92 bits per heavy atom. The van der Waals surface area contributed by atoms with E-state index in [4.69, 9.17) is 5.11 Å². The molecular weight excluding hydrogens is 168 g/mol. The summed E-state index contributed by atoms with van der Waals surface area (Å²) in [5.41, 5.74) is 1.47. The van der Waals surface area contributed by atoms with E-state index in [2.05, 4.69) is 16.5 Å². The molecule has 0 radical (unpaired) electrons. The van der Waals surface area contributed by atoms with Crippen LogP contribution in [0, 0.1) is 5.92 Å². The molecule has 1 aromatic rings. The SMILES string of the molecule is C=C(C)[C@@H](Cc1cnc[nH]1)C(=O)O. The summed E-state index contributed by atoms with van der Waals surface area (Å²) in [4.78, 5) is 17.4. The Labute approximate surface area is 76.3 Å². The first-order chi connectivity index (χ1) is 6.11. The highest BCUT2D eigenvalue weighted by molar-refractivity contribution is 5.73. The Morgan fingerprint density at radius 2 is 2.54 bits per heavy atom. The van der Waals surface area contributed by atoms with Crippen LogP contribution in [0.1, 0.15) is 12.6 Å². The van der Waals surface area contributed by atoms with Gasteiger partial charge < -0.3 is 10.1 Å². The Balaban J connectivity index is 2.69. The van der Waals surface area contributed by atoms with Gasteiger partial charge >= 0.3 is 5.97 Å². The summed E-state index contributed by atoms with van der Waals surface area (Å²) in [6.07, 6.45) is 3.58. The minimum Gasteiger partial charge on any atom is -0.481 e. The quantitative estimate of drug-likeness (QED) is 0.685. The number of aliphatic carboxylic acids is 1. The monoisotopic (exact) mass is 180 g/mol. The molecule has 2 N–H and O–H groups in total. The van der Waals surface area contributed by atoms with Gasteiger partial charge in [0.1, 0.15) is 0 Å². The van der Waals surface area contributed by atoms with E-state index < -0.39 is 11.9 Å². The largest absolute Gasteiger partial charge is 0.481 e. The summed E-state index contributed by atoms with van der Waals surface area (Å²) in [5.74, 6) is -1.37. The molecule has 0 saturated heterocycles.